The standard InChI is InChI=1S/C27H35ClO6/c1-6-23(32)34-27(22(31)14-33-16(3)29)15(2)11-20-19-8-7-17-12-18(30)9-10-25(17,4)24(19)21(28)13-26(20,27)5/h9-10,12,15,19-21,24H,6-8,11,13-14H2,1-5H3/t15?,19-,20-,21?,24+,25-,26-,27-/m0/s1. The van der Waals surface area contributed by atoms with Gasteiger partial charge in [0.15, 0.2) is 18.0 Å². The van der Waals surface area contributed by atoms with E-state index in [1.54, 1.807) is 19.1 Å². The molecule has 7 heteroatoms. The molecule has 0 aromatic carbocycles. The zero-order chi connectivity index (χ0) is 25.1. The summed E-state index contributed by atoms with van der Waals surface area (Å²) in [5, 5.41) is -0.274. The van der Waals surface area contributed by atoms with Crippen molar-refractivity contribution in [3.8, 4) is 0 Å². The summed E-state index contributed by atoms with van der Waals surface area (Å²) >= 11 is 7.19. The Balaban J connectivity index is 1.77. The molecule has 4 rings (SSSR count). The number of rotatable bonds is 5. The van der Waals surface area contributed by atoms with Crippen molar-refractivity contribution in [1.29, 1.82) is 0 Å². The lowest BCUT2D eigenvalue weighted by atomic mass is 9.47. The minimum absolute atomic E-state index is 0.0220. The molecule has 2 unspecified atom stereocenters. The van der Waals surface area contributed by atoms with Gasteiger partial charge in [-0.25, -0.2) is 0 Å². The highest BCUT2D eigenvalue weighted by Crippen LogP contribution is 2.70. The summed E-state index contributed by atoms with van der Waals surface area (Å²) < 4.78 is 11.2. The molecule has 3 saturated carbocycles. The van der Waals surface area contributed by atoms with E-state index in [1.165, 1.54) is 6.92 Å². The van der Waals surface area contributed by atoms with E-state index in [1.807, 2.05) is 19.9 Å². The molecule has 0 saturated heterocycles. The number of hydrogen-bond donors (Lipinski definition) is 0. The fourth-order valence-corrected chi connectivity index (χ4v) is 8.74. The second-order valence-electron chi connectivity index (χ2n) is 11.1. The van der Waals surface area contributed by atoms with E-state index in [0.717, 1.165) is 24.8 Å². The van der Waals surface area contributed by atoms with Crippen molar-refractivity contribution in [3.05, 3.63) is 23.8 Å². The van der Waals surface area contributed by atoms with Crippen molar-refractivity contribution >= 4 is 35.1 Å². The van der Waals surface area contributed by atoms with Crippen molar-refractivity contribution < 1.29 is 28.7 Å². The number of esters is 2. The zero-order valence-corrected chi connectivity index (χ0v) is 21.4. The van der Waals surface area contributed by atoms with E-state index >= 15 is 0 Å². The first-order chi connectivity index (χ1) is 15.9. The molecule has 0 N–H and O–H groups in total. The van der Waals surface area contributed by atoms with Gasteiger partial charge in [0.05, 0.1) is 0 Å². The topological polar surface area (TPSA) is 86.7 Å². The third-order valence-electron chi connectivity index (χ3n) is 9.38. The lowest BCUT2D eigenvalue weighted by Gasteiger charge is -2.60. The molecule has 6 nitrogen and oxygen atoms in total. The van der Waals surface area contributed by atoms with Gasteiger partial charge in [-0.2, -0.15) is 0 Å². The quantitative estimate of drug-likeness (QED) is 0.414. The summed E-state index contributed by atoms with van der Waals surface area (Å²) in [5.74, 6) is -1.13. The molecule has 0 bridgehead atoms. The Labute approximate surface area is 206 Å². The van der Waals surface area contributed by atoms with Crippen LogP contribution in [0, 0.1) is 34.5 Å². The first-order valence-corrected chi connectivity index (χ1v) is 12.8. The fourth-order valence-electron chi connectivity index (χ4n) is 7.97. The van der Waals surface area contributed by atoms with Crippen molar-refractivity contribution in [3.63, 3.8) is 0 Å². The van der Waals surface area contributed by atoms with Crippen molar-refractivity contribution in [2.45, 2.75) is 77.7 Å². The highest BCUT2D eigenvalue weighted by Gasteiger charge is 2.72. The molecule has 34 heavy (non-hydrogen) atoms. The van der Waals surface area contributed by atoms with Crippen LogP contribution < -0.4 is 0 Å². The van der Waals surface area contributed by atoms with Crippen LogP contribution in [-0.2, 0) is 28.7 Å². The number of ether oxygens (including phenoxy) is 2. The van der Waals surface area contributed by atoms with Crippen LogP contribution in [-0.4, -0.2) is 41.1 Å². The SMILES string of the molecule is CCC(=O)O[C@]1(C(=O)COC(C)=O)C(C)C[C@H]2[C@@H]3CCC4=CC(=O)C=C[C@]4(C)[C@H]3C(Cl)C[C@@]21C. The lowest BCUT2D eigenvalue weighted by molar-refractivity contribution is -0.196. The van der Waals surface area contributed by atoms with Crippen LogP contribution in [0.15, 0.2) is 23.8 Å². The third-order valence-corrected chi connectivity index (χ3v) is 9.81. The summed E-state index contributed by atoms with van der Waals surface area (Å²) in [5.41, 5.74) is -1.25. The van der Waals surface area contributed by atoms with Crippen LogP contribution in [0.4, 0.5) is 0 Å². The first kappa shape index (κ1) is 25.2. The van der Waals surface area contributed by atoms with Crippen LogP contribution in [0.5, 0.6) is 0 Å². The Hall–Kier alpha value is -1.95. The second kappa shape index (κ2) is 8.61. The van der Waals surface area contributed by atoms with E-state index in [4.69, 9.17) is 21.1 Å². The number of allylic oxidation sites excluding steroid dienone is 4. The first-order valence-electron chi connectivity index (χ1n) is 12.4. The Bertz CT molecular complexity index is 984. The van der Waals surface area contributed by atoms with Gasteiger partial charge in [0.1, 0.15) is 0 Å². The molecule has 4 aliphatic rings. The number of carbonyl (C=O) groups is 4. The number of alkyl halides is 1. The molecule has 3 fully saturated rings. The molecule has 4 aliphatic carbocycles. The van der Waals surface area contributed by atoms with Gasteiger partial charge < -0.3 is 9.47 Å². The average Bonchev–Trinajstić information content (AvgIpc) is 2.99. The highest BCUT2D eigenvalue weighted by molar-refractivity contribution is 6.21. The average molecular weight is 491 g/mol. The van der Waals surface area contributed by atoms with Crippen LogP contribution >= 0.6 is 11.6 Å². The molecule has 0 aliphatic heterocycles. The molecule has 0 amide bonds. The maximum Gasteiger partial charge on any atom is 0.306 e. The molecular formula is C27H35ClO6. The second-order valence-corrected chi connectivity index (χ2v) is 11.6. The largest absolute Gasteiger partial charge is 0.458 e. The van der Waals surface area contributed by atoms with Gasteiger partial charge in [-0.1, -0.05) is 39.3 Å². The molecule has 0 aromatic heterocycles. The third kappa shape index (κ3) is 3.51. The minimum Gasteiger partial charge on any atom is -0.458 e. The van der Waals surface area contributed by atoms with E-state index < -0.39 is 29.6 Å². The van der Waals surface area contributed by atoms with E-state index in [-0.39, 0.29) is 52.5 Å². The maximum atomic E-state index is 13.7. The maximum absolute atomic E-state index is 13.7. The Morgan fingerprint density at radius 3 is 2.59 bits per heavy atom. The fraction of sp³-hybridized carbons (Fsp3) is 0.704. The van der Waals surface area contributed by atoms with Gasteiger partial charge in [0.2, 0.25) is 5.78 Å². The van der Waals surface area contributed by atoms with Crippen molar-refractivity contribution in [2.75, 3.05) is 6.61 Å². The summed E-state index contributed by atoms with van der Waals surface area (Å²) in [6, 6.07) is 0. The van der Waals surface area contributed by atoms with Crippen LogP contribution in [0.3, 0.4) is 0 Å². The normalized spacial score (nSPS) is 42.7. The van der Waals surface area contributed by atoms with Crippen LogP contribution in [0.2, 0.25) is 0 Å². The molecule has 0 aromatic rings. The number of halogens is 1. The van der Waals surface area contributed by atoms with Crippen LogP contribution in [0.25, 0.3) is 0 Å². The van der Waals surface area contributed by atoms with Crippen LogP contribution in [0.1, 0.15) is 66.7 Å². The van der Waals surface area contributed by atoms with Gasteiger partial charge in [0, 0.05) is 35.5 Å². The molecule has 186 valence electrons. The highest BCUT2D eigenvalue weighted by atomic mass is 35.5. The summed E-state index contributed by atoms with van der Waals surface area (Å²) in [4.78, 5) is 49.9. The van der Waals surface area contributed by atoms with E-state index in [2.05, 4.69) is 6.92 Å². The van der Waals surface area contributed by atoms with Gasteiger partial charge >= 0.3 is 11.9 Å². The Morgan fingerprint density at radius 2 is 1.94 bits per heavy atom. The molecule has 0 heterocycles. The van der Waals surface area contributed by atoms with Gasteiger partial charge in [-0.3, -0.25) is 19.2 Å². The predicted octanol–water partition coefficient (Wildman–Crippen LogP) is 4.58. The molecule has 8 atom stereocenters. The Kier molecular flexibility index (Phi) is 6.37. The number of carbonyl (C=O) groups excluding carboxylic acids is 4. The smallest absolute Gasteiger partial charge is 0.306 e. The van der Waals surface area contributed by atoms with Crippen molar-refractivity contribution in [1.82, 2.24) is 0 Å². The summed E-state index contributed by atoms with van der Waals surface area (Å²) in [7, 11) is 0. The zero-order valence-electron chi connectivity index (χ0n) is 20.7. The lowest BCUT2D eigenvalue weighted by Crippen LogP contribution is -2.63. The van der Waals surface area contributed by atoms with E-state index in [0.29, 0.717) is 6.42 Å². The minimum atomic E-state index is -1.40. The number of ketones is 2. The molecule has 0 spiro atoms. The monoisotopic (exact) mass is 490 g/mol. The van der Waals surface area contributed by atoms with Gasteiger partial charge in [-0.05, 0) is 55.6 Å². The number of hydrogen-bond acceptors (Lipinski definition) is 6. The summed E-state index contributed by atoms with van der Waals surface area (Å²) in [6.07, 6.45) is 8.49. The number of Topliss-reactive ketones (excluding diaryl/α,β-unsaturated/α-hetero) is 1. The molecular weight excluding hydrogens is 456 g/mol. The van der Waals surface area contributed by atoms with Gasteiger partial charge in [-0.15, -0.1) is 11.6 Å². The van der Waals surface area contributed by atoms with Crippen molar-refractivity contribution in [2.24, 2.45) is 34.5 Å². The van der Waals surface area contributed by atoms with E-state index in [9.17, 15) is 19.2 Å². The van der Waals surface area contributed by atoms with Gasteiger partial charge in [0.25, 0.3) is 0 Å². The number of fused-ring (bicyclic) bond motifs is 5. The molecule has 0 radical (unpaired) electrons. The Morgan fingerprint density at radius 1 is 1.24 bits per heavy atom. The predicted molar refractivity (Wildman–Crippen MR) is 127 cm³/mol. The summed E-state index contributed by atoms with van der Waals surface area (Å²) in [6.45, 7) is 8.72.